The first-order chi connectivity index (χ1) is 10.5. The first-order valence-electron chi connectivity index (χ1n) is 8.36. The minimum absolute atomic E-state index is 0.103. The van der Waals surface area contributed by atoms with E-state index in [0.717, 1.165) is 25.3 Å². The molecule has 3 rings (SSSR count). The number of hydrogen-bond donors (Lipinski definition) is 1. The van der Waals surface area contributed by atoms with E-state index in [9.17, 15) is 9.59 Å². The van der Waals surface area contributed by atoms with E-state index in [-0.39, 0.29) is 17.0 Å². The molecule has 2 aliphatic rings. The Kier molecular flexibility index (Phi) is 4.06. The number of nitrogens with zero attached hydrogens (tertiary/aromatic N) is 2. The molecule has 1 amide bonds. The molecule has 0 aromatic carbocycles. The highest BCUT2D eigenvalue weighted by molar-refractivity contribution is 5.95. The molecule has 2 fully saturated rings. The molecule has 1 aliphatic heterocycles. The highest BCUT2D eigenvalue weighted by Gasteiger charge is 2.38. The quantitative estimate of drug-likeness (QED) is 0.866. The number of nitrogens with one attached hydrogen (secondary N) is 1. The molecule has 1 aliphatic carbocycles. The molecule has 0 unspecified atom stereocenters. The maximum absolute atomic E-state index is 13.0. The maximum atomic E-state index is 13.0. The minimum Gasteiger partial charge on any atom is -0.335 e. The van der Waals surface area contributed by atoms with Gasteiger partial charge in [-0.1, -0.05) is 6.92 Å². The second-order valence-corrected chi connectivity index (χ2v) is 7.02. The van der Waals surface area contributed by atoms with E-state index >= 15 is 0 Å². The Bertz CT molecular complexity index is 637. The lowest BCUT2D eigenvalue weighted by Crippen LogP contribution is -2.51. The Labute approximate surface area is 131 Å². The van der Waals surface area contributed by atoms with Crippen LogP contribution in [0.25, 0.3) is 0 Å². The molecule has 1 aromatic rings. The van der Waals surface area contributed by atoms with Crippen LogP contribution in [0.2, 0.25) is 0 Å². The van der Waals surface area contributed by atoms with Gasteiger partial charge in [-0.05, 0) is 63.4 Å². The molecule has 2 heterocycles. The van der Waals surface area contributed by atoms with E-state index in [1.807, 2.05) is 18.7 Å². The van der Waals surface area contributed by atoms with Crippen LogP contribution in [0.4, 0.5) is 0 Å². The Hall–Kier alpha value is -1.65. The number of carbonyl (C=O) groups excluding carboxylic acids is 1. The first-order valence-corrected chi connectivity index (χ1v) is 8.36. The fourth-order valence-corrected chi connectivity index (χ4v) is 4.17. The van der Waals surface area contributed by atoms with Crippen molar-refractivity contribution < 1.29 is 4.79 Å². The van der Waals surface area contributed by atoms with E-state index in [2.05, 4.69) is 17.1 Å². The molecule has 3 atom stereocenters. The van der Waals surface area contributed by atoms with Gasteiger partial charge in [-0.15, -0.1) is 0 Å². The lowest BCUT2D eigenvalue weighted by Gasteiger charge is -2.45. The Morgan fingerprint density at radius 1 is 1.27 bits per heavy atom. The molecule has 1 aromatic heterocycles. The third-order valence-electron chi connectivity index (χ3n) is 5.52. The normalized spacial score (nSPS) is 28.3. The van der Waals surface area contributed by atoms with E-state index in [1.165, 1.54) is 19.3 Å². The molecule has 1 N–H and O–H groups in total. The van der Waals surface area contributed by atoms with Crippen molar-refractivity contribution in [2.75, 3.05) is 6.54 Å². The summed E-state index contributed by atoms with van der Waals surface area (Å²) < 4.78 is 0. The van der Waals surface area contributed by atoms with Crippen LogP contribution in [0, 0.1) is 25.7 Å². The van der Waals surface area contributed by atoms with Crippen LogP contribution in [-0.2, 0) is 0 Å². The number of H-pyrrole nitrogens is 1. The fraction of sp³-hybridized carbons (Fsp3) is 0.706. The highest BCUT2D eigenvalue weighted by Crippen LogP contribution is 2.38. The Morgan fingerprint density at radius 3 is 2.82 bits per heavy atom. The Morgan fingerprint density at radius 2 is 2.05 bits per heavy atom. The molecular formula is C17H25N3O2. The SMILES string of the molecule is Cc1n[nH]c(=O)c(C(=O)N2CCC[C@@H]3C[C@H](C)CC[C@H]32)c1C. The summed E-state index contributed by atoms with van der Waals surface area (Å²) in [5.74, 6) is 1.25. The molecule has 120 valence electrons. The molecule has 1 saturated carbocycles. The summed E-state index contributed by atoms with van der Waals surface area (Å²) >= 11 is 0. The number of aromatic amines is 1. The lowest BCUT2D eigenvalue weighted by molar-refractivity contribution is 0.0319. The van der Waals surface area contributed by atoms with Crippen LogP contribution >= 0.6 is 0 Å². The van der Waals surface area contributed by atoms with Gasteiger partial charge in [0.2, 0.25) is 0 Å². The molecule has 1 saturated heterocycles. The van der Waals surface area contributed by atoms with Crippen LogP contribution in [0.15, 0.2) is 4.79 Å². The summed E-state index contributed by atoms with van der Waals surface area (Å²) in [6.45, 7) is 6.71. The van der Waals surface area contributed by atoms with E-state index in [1.54, 1.807) is 0 Å². The van der Waals surface area contributed by atoms with Crippen LogP contribution < -0.4 is 5.56 Å². The summed E-state index contributed by atoms with van der Waals surface area (Å²) in [5, 5.41) is 6.40. The van der Waals surface area contributed by atoms with E-state index in [0.29, 0.717) is 23.2 Å². The van der Waals surface area contributed by atoms with Crippen molar-refractivity contribution in [3.63, 3.8) is 0 Å². The fourth-order valence-electron chi connectivity index (χ4n) is 4.17. The van der Waals surface area contributed by atoms with Crippen molar-refractivity contribution in [3.8, 4) is 0 Å². The molecule has 0 bridgehead atoms. The molecule has 5 heteroatoms. The van der Waals surface area contributed by atoms with Crippen LogP contribution in [0.1, 0.15) is 60.6 Å². The lowest BCUT2D eigenvalue weighted by atomic mass is 9.74. The van der Waals surface area contributed by atoms with Gasteiger partial charge < -0.3 is 4.90 Å². The standard InChI is InChI=1S/C17H25N3O2/c1-10-6-7-14-13(9-10)5-4-8-20(14)17(22)15-11(2)12(3)18-19-16(15)21/h10,13-14H,4-9H2,1-3H3,(H,19,21)/t10-,13-,14-/m1/s1. The predicted octanol–water partition coefficient (Wildman–Crippen LogP) is 2.43. The first kappa shape index (κ1) is 15.3. The van der Waals surface area contributed by atoms with Gasteiger partial charge in [0.15, 0.2) is 0 Å². The number of likely N-dealkylation sites (tertiary alicyclic amines) is 1. The van der Waals surface area contributed by atoms with Crippen molar-refractivity contribution in [1.82, 2.24) is 15.1 Å². The molecule has 22 heavy (non-hydrogen) atoms. The van der Waals surface area contributed by atoms with Gasteiger partial charge in [0.1, 0.15) is 5.56 Å². The smallest absolute Gasteiger partial charge is 0.277 e. The summed E-state index contributed by atoms with van der Waals surface area (Å²) in [5.41, 5.74) is 1.35. The predicted molar refractivity (Wildman–Crippen MR) is 84.9 cm³/mol. The summed E-state index contributed by atoms with van der Waals surface area (Å²) in [6.07, 6.45) is 5.71. The van der Waals surface area contributed by atoms with Crippen molar-refractivity contribution in [3.05, 3.63) is 27.2 Å². The van der Waals surface area contributed by atoms with E-state index < -0.39 is 0 Å². The van der Waals surface area contributed by atoms with Crippen LogP contribution in [-0.4, -0.2) is 33.6 Å². The van der Waals surface area contributed by atoms with Gasteiger partial charge >= 0.3 is 0 Å². The number of aromatic nitrogens is 2. The number of piperidine rings is 1. The highest BCUT2D eigenvalue weighted by atomic mass is 16.2. The molecule has 0 radical (unpaired) electrons. The van der Waals surface area contributed by atoms with Gasteiger partial charge in [0.05, 0.1) is 5.69 Å². The van der Waals surface area contributed by atoms with Crippen LogP contribution in [0.3, 0.4) is 0 Å². The van der Waals surface area contributed by atoms with Crippen molar-refractivity contribution in [2.45, 2.75) is 58.9 Å². The number of aryl methyl sites for hydroxylation is 1. The minimum atomic E-state index is -0.362. The third-order valence-corrected chi connectivity index (χ3v) is 5.52. The summed E-state index contributed by atoms with van der Waals surface area (Å²) in [6, 6.07) is 0.310. The summed E-state index contributed by atoms with van der Waals surface area (Å²) in [7, 11) is 0. The zero-order chi connectivity index (χ0) is 15.9. The van der Waals surface area contributed by atoms with E-state index in [4.69, 9.17) is 0 Å². The monoisotopic (exact) mass is 303 g/mol. The zero-order valence-electron chi connectivity index (χ0n) is 13.7. The number of amides is 1. The second-order valence-electron chi connectivity index (χ2n) is 7.02. The van der Waals surface area contributed by atoms with Crippen LogP contribution in [0.5, 0.6) is 0 Å². The van der Waals surface area contributed by atoms with Crippen molar-refractivity contribution in [2.24, 2.45) is 11.8 Å². The van der Waals surface area contributed by atoms with Crippen molar-refractivity contribution >= 4 is 5.91 Å². The number of fused-ring (bicyclic) bond motifs is 1. The average molecular weight is 303 g/mol. The number of rotatable bonds is 1. The van der Waals surface area contributed by atoms with Gasteiger partial charge in [-0.2, -0.15) is 5.10 Å². The average Bonchev–Trinajstić information content (AvgIpc) is 2.50. The molecule has 5 nitrogen and oxygen atoms in total. The van der Waals surface area contributed by atoms with Crippen molar-refractivity contribution in [1.29, 1.82) is 0 Å². The molecular weight excluding hydrogens is 278 g/mol. The van der Waals surface area contributed by atoms with Gasteiger partial charge in [0, 0.05) is 12.6 Å². The van der Waals surface area contributed by atoms with Gasteiger partial charge in [0.25, 0.3) is 11.5 Å². The summed E-state index contributed by atoms with van der Waals surface area (Å²) in [4.78, 5) is 27.1. The third kappa shape index (κ3) is 2.57. The largest absolute Gasteiger partial charge is 0.335 e. The Balaban J connectivity index is 1.92. The maximum Gasteiger partial charge on any atom is 0.277 e. The second kappa shape index (κ2) is 5.86. The van der Waals surface area contributed by atoms with Gasteiger partial charge in [-0.3, -0.25) is 9.59 Å². The van der Waals surface area contributed by atoms with Gasteiger partial charge in [-0.25, -0.2) is 5.10 Å². The number of hydrogen-bond acceptors (Lipinski definition) is 3. The number of carbonyl (C=O) groups is 1. The zero-order valence-corrected chi connectivity index (χ0v) is 13.7. The molecule has 0 spiro atoms. The topological polar surface area (TPSA) is 66.1 Å².